The summed E-state index contributed by atoms with van der Waals surface area (Å²) in [5.74, 6) is 0.823. The van der Waals surface area contributed by atoms with Gasteiger partial charge in [-0.1, -0.05) is 52.4 Å². The van der Waals surface area contributed by atoms with E-state index >= 15 is 0 Å². The Morgan fingerprint density at radius 2 is 1.32 bits per heavy atom. The van der Waals surface area contributed by atoms with Gasteiger partial charge in [0.1, 0.15) is 0 Å². The molecule has 0 radical (unpaired) electrons. The van der Waals surface area contributed by atoms with E-state index in [0.717, 1.165) is 5.92 Å². The van der Waals surface area contributed by atoms with Crippen LogP contribution < -0.4 is 0 Å². The van der Waals surface area contributed by atoms with Crippen LogP contribution in [0.25, 0.3) is 0 Å². The minimum absolute atomic E-state index is 0.158. The lowest BCUT2D eigenvalue weighted by atomic mass is 9.69. The molecule has 1 saturated carbocycles. The summed E-state index contributed by atoms with van der Waals surface area (Å²) < 4.78 is 6.06. The largest absolute Gasteiger partial charge is 0.369 e. The van der Waals surface area contributed by atoms with E-state index in [9.17, 15) is 0 Å². The maximum atomic E-state index is 6.06. The van der Waals surface area contributed by atoms with Crippen LogP contribution in [0, 0.1) is 5.92 Å². The molecule has 2 saturated heterocycles. The molecule has 0 aromatic rings. The van der Waals surface area contributed by atoms with Crippen molar-refractivity contribution in [3.8, 4) is 0 Å². The minimum Gasteiger partial charge on any atom is -0.369 e. The zero-order chi connectivity index (χ0) is 14.4. The molecule has 114 valence electrons. The van der Waals surface area contributed by atoms with Gasteiger partial charge in [0, 0.05) is 0 Å². The summed E-state index contributed by atoms with van der Waals surface area (Å²) in [6, 6.07) is 0. The SMILES string of the molecule is CC12CCC(CC1)C(C)(C)O2.CCCCCCCC. The molecular formula is C18H36O. The van der Waals surface area contributed by atoms with E-state index in [4.69, 9.17) is 4.74 Å². The van der Waals surface area contributed by atoms with Gasteiger partial charge in [-0.15, -0.1) is 0 Å². The first-order chi connectivity index (χ1) is 8.93. The molecule has 3 fully saturated rings. The third-order valence-corrected chi connectivity index (χ3v) is 4.99. The summed E-state index contributed by atoms with van der Waals surface area (Å²) in [7, 11) is 0. The van der Waals surface area contributed by atoms with E-state index in [1.54, 1.807) is 0 Å². The standard InChI is InChI=1S/C10H18O.C8H18/c1-9(2)8-4-6-10(3,11-9)7-5-8;1-3-5-7-8-6-4-2/h8H,4-7H2,1-3H3;3-8H2,1-2H3. The van der Waals surface area contributed by atoms with Gasteiger partial charge in [-0.2, -0.15) is 0 Å². The Kier molecular flexibility index (Phi) is 6.86. The summed E-state index contributed by atoms with van der Waals surface area (Å²) >= 11 is 0. The van der Waals surface area contributed by atoms with Crippen molar-refractivity contribution in [3.05, 3.63) is 0 Å². The van der Waals surface area contributed by atoms with E-state index in [0.29, 0.717) is 0 Å². The molecule has 0 atom stereocenters. The van der Waals surface area contributed by atoms with Gasteiger partial charge < -0.3 is 4.74 Å². The van der Waals surface area contributed by atoms with Crippen molar-refractivity contribution in [1.82, 2.24) is 0 Å². The van der Waals surface area contributed by atoms with E-state index in [1.165, 1.54) is 64.2 Å². The van der Waals surface area contributed by atoms with Crippen molar-refractivity contribution in [2.45, 2.75) is 110 Å². The summed E-state index contributed by atoms with van der Waals surface area (Å²) in [6.45, 7) is 11.3. The Bertz CT molecular complexity index is 227. The highest BCUT2D eigenvalue weighted by molar-refractivity contribution is 4.97. The molecule has 0 N–H and O–H groups in total. The monoisotopic (exact) mass is 268 g/mol. The van der Waals surface area contributed by atoms with Crippen LogP contribution in [0.1, 0.15) is 98.8 Å². The highest BCUT2D eigenvalue weighted by Gasteiger charge is 2.47. The van der Waals surface area contributed by atoms with Gasteiger partial charge in [-0.25, -0.2) is 0 Å². The molecule has 3 rings (SSSR count). The van der Waals surface area contributed by atoms with Crippen LogP contribution in [0.5, 0.6) is 0 Å². The second-order valence-corrected chi connectivity index (χ2v) is 7.34. The van der Waals surface area contributed by atoms with Crippen molar-refractivity contribution >= 4 is 0 Å². The van der Waals surface area contributed by atoms with Crippen molar-refractivity contribution in [2.75, 3.05) is 0 Å². The van der Waals surface area contributed by atoms with Gasteiger partial charge in [0.2, 0.25) is 0 Å². The Hall–Kier alpha value is -0.0400. The Balaban J connectivity index is 0.000000203. The van der Waals surface area contributed by atoms with Crippen LogP contribution in [0.4, 0.5) is 0 Å². The Labute approximate surface area is 121 Å². The fourth-order valence-corrected chi connectivity index (χ4v) is 3.60. The Morgan fingerprint density at radius 3 is 1.58 bits per heavy atom. The van der Waals surface area contributed by atoms with Crippen LogP contribution >= 0.6 is 0 Å². The zero-order valence-corrected chi connectivity index (χ0v) is 14.1. The third kappa shape index (κ3) is 5.45. The molecule has 19 heavy (non-hydrogen) atoms. The summed E-state index contributed by atoms with van der Waals surface area (Å²) in [4.78, 5) is 0. The molecule has 1 aliphatic carbocycles. The van der Waals surface area contributed by atoms with Crippen LogP contribution in [-0.4, -0.2) is 11.2 Å². The highest BCUT2D eigenvalue weighted by Crippen LogP contribution is 2.49. The van der Waals surface area contributed by atoms with E-state index < -0.39 is 0 Å². The van der Waals surface area contributed by atoms with Crippen molar-refractivity contribution < 1.29 is 4.74 Å². The first-order valence-electron chi connectivity index (χ1n) is 8.63. The van der Waals surface area contributed by atoms with Crippen molar-refractivity contribution in [1.29, 1.82) is 0 Å². The number of hydrogen-bond donors (Lipinski definition) is 0. The molecule has 0 aromatic heterocycles. The summed E-state index contributed by atoms with van der Waals surface area (Å²) in [5, 5.41) is 0. The van der Waals surface area contributed by atoms with Crippen LogP contribution in [-0.2, 0) is 4.74 Å². The molecule has 2 heterocycles. The second kappa shape index (κ2) is 7.67. The molecule has 0 unspecified atom stereocenters. The van der Waals surface area contributed by atoms with Gasteiger partial charge in [0.25, 0.3) is 0 Å². The van der Waals surface area contributed by atoms with Gasteiger partial charge in [-0.05, 0) is 52.4 Å². The predicted molar refractivity (Wildman–Crippen MR) is 84.6 cm³/mol. The molecule has 2 aliphatic heterocycles. The topological polar surface area (TPSA) is 9.23 Å². The fourth-order valence-electron chi connectivity index (χ4n) is 3.60. The smallest absolute Gasteiger partial charge is 0.0662 e. The molecule has 3 aliphatic rings. The van der Waals surface area contributed by atoms with Gasteiger partial charge in [-0.3, -0.25) is 0 Å². The lowest BCUT2D eigenvalue weighted by Gasteiger charge is -2.54. The van der Waals surface area contributed by atoms with Crippen molar-refractivity contribution in [3.63, 3.8) is 0 Å². The second-order valence-electron chi connectivity index (χ2n) is 7.34. The first-order valence-corrected chi connectivity index (χ1v) is 8.63. The third-order valence-electron chi connectivity index (χ3n) is 4.99. The van der Waals surface area contributed by atoms with E-state index in [-0.39, 0.29) is 11.2 Å². The Morgan fingerprint density at radius 1 is 0.842 bits per heavy atom. The summed E-state index contributed by atoms with van der Waals surface area (Å²) in [5.41, 5.74) is 0.378. The molecular weight excluding hydrogens is 232 g/mol. The molecule has 2 bridgehead atoms. The van der Waals surface area contributed by atoms with E-state index in [1.807, 2.05) is 0 Å². The molecule has 1 heteroatoms. The zero-order valence-electron chi connectivity index (χ0n) is 14.1. The van der Waals surface area contributed by atoms with E-state index in [2.05, 4.69) is 34.6 Å². The van der Waals surface area contributed by atoms with Gasteiger partial charge in [0.15, 0.2) is 0 Å². The summed E-state index contributed by atoms with van der Waals surface area (Å²) in [6.07, 6.45) is 13.8. The van der Waals surface area contributed by atoms with Crippen LogP contribution in [0.2, 0.25) is 0 Å². The minimum atomic E-state index is 0.158. The highest BCUT2D eigenvalue weighted by atomic mass is 16.5. The quantitative estimate of drug-likeness (QED) is 0.546. The number of rotatable bonds is 5. The molecule has 0 spiro atoms. The van der Waals surface area contributed by atoms with Gasteiger partial charge in [0.05, 0.1) is 11.2 Å². The fraction of sp³-hybridized carbons (Fsp3) is 1.00. The maximum absolute atomic E-state index is 6.06. The number of hydrogen-bond acceptors (Lipinski definition) is 1. The average Bonchev–Trinajstić information content (AvgIpc) is 2.34. The predicted octanol–water partition coefficient (Wildman–Crippen LogP) is 6.11. The lowest BCUT2D eigenvalue weighted by Crippen LogP contribution is -2.53. The number of ether oxygens (including phenoxy) is 1. The number of fused-ring (bicyclic) bond motifs is 3. The molecule has 0 aromatic carbocycles. The normalized spacial score (nSPS) is 31.7. The van der Waals surface area contributed by atoms with Crippen LogP contribution in [0.3, 0.4) is 0 Å². The number of unbranched alkanes of at least 4 members (excludes halogenated alkanes) is 5. The van der Waals surface area contributed by atoms with Crippen LogP contribution in [0.15, 0.2) is 0 Å². The molecule has 0 amide bonds. The van der Waals surface area contributed by atoms with Crippen molar-refractivity contribution in [2.24, 2.45) is 5.92 Å². The molecule has 1 nitrogen and oxygen atoms in total. The average molecular weight is 268 g/mol. The lowest BCUT2D eigenvalue weighted by molar-refractivity contribution is -0.229. The maximum Gasteiger partial charge on any atom is 0.0662 e. The first kappa shape index (κ1) is 17.0. The van der Waals surface area contributed by atoms with Gasteiger partial charge >= 0.3 is 0 Å².